The Morgan fingerprint density at radius 2 is 2.10 bits per heavy atom. The summed E-state index contributed by atoms with van der Waals surface area (Å²) in [6.07, 6.45) is 2.64. The van der Waals surface area contributed by atoms with E-state index in [-0.39, 0.29) is 18.1 Å². The van der Waals surface area contributed by atoms with Crippen molar-refractivity contribution in [2.24, 2.45) is 0 Å². The summed E-state index contributed by atoms with van der Waals surface area (Å²) in [6.45, 7) is 6.00. The van der Waals surface area contributed by atoms with E-state index in [1.807, 2.05) is 19.9 Å². The monoisotopic (exact) mass is 290 g/mol. The number of hydrogen-bond donors (Lipinski definition) is 2. The number of benzene rings is 1. The van der Waals surface area contributed by atoms with Gasteiger partial charge in [0.25, 0.3) is 0 Å². The second-order valence-electron chi connectivity index (χ2n) is 6.19. The molecule has 2 N–H and O–H groups in total. The molecule has 1 aromatic rings. The molecule has 116 valence electrons. The molecule has 1 aromatic carbocycles. The molecular formula is C17H26N2O2. The third-order valence-corrected chi connectivity index (χ3v) is 4.01. The SMILES string of the molecule is CC(O)CN(C(=O)NC1CCCc2ccccc21)C(C)C. The minimum atomic E-state index is -0.517. The van der Waals surface area contributed by atoms with Gasteiger partial charge in [-0.3, -0.25) is 0 Å². The number of urea groups is 1. The average Bonchev–Trinajstić information content (AvgIpc) is 2.44. The lowest BCUT2D eigenvalue weighted by Crippen LogP contribution is -2.48. The van der Waals surface area contributed by atoms with Gasteiger partial charge >= 0.3 is 6.03 Å². The molecule has 1 aliphatic rings. The number of rotatable bonds is 4. The molecule has 0 bridgehead atoms. The minimum Gasteiger partial charge on any atom is -0.392 e. The Morgan fingerprint density at radius 1 is 1.38 bits per heavy atom. The van der Waals surface area contributed by atoms with E-state index in [1.54, 1.807) is 11.8 Å². The maximum atomic E-state index is 12.5. The molecule has 0 heterocycles. The number of nitrogens with one attached hydrogen (secondary N) is 1. The molecule has 4 heteroatoms. The largest absolute Gasteiger partial charge is 0.392 e. The molecule has 0 saturated carbocycles. The second-order valence-corrected chi connectivity index (χ2v) is 6.19. The van der Waals surface area contributed by atoms with Gasteiger partial charge in [0.05, 0.1) is 12.1 Å². The number of carbonyl (C=O) groups is 1. The highest BCUT2D eigenvalue weighted by Crippen LogP contribution is 2.29. The van der Waals surface area contributed by atoms with Gasteiger partial charge in [0.1, 0.15) is 0 Å². The summed E-state index contributed by atoms with van der Waals surface area (Å²) in [6, 6.07) is 8.39. The Balaban J connectivity index is 2.09. The Kier molecular flexibility index (Phi) is 5.23. The van der Waals surface area contributed by atoms with Crippen LogP contribution in [0.5, 0.6) is 0 Å². The molecule has 0 aromatic heterocycles. The van der Waals surface area contributed by atoms with Crippen molar-refractivity contribution in [2.75, 3.05) is 6.54 Å². The lowest BCUT2D eigenvalue weighted by atomic mass is 9.88. The third kappa shape index (κ3) is 3.97. The van der Waals surface area contributed by atoms with Gasteiger partial charge in [-0.05, 0) is 51.2 Å². The summed E-state index contributed by atoms with van der Waals surface area (Å²) in [7, 11) is 0. The number of fused-ring (bicyclic) bond motifs is 1. The zero-order chi connectivity index (χ0) is 15.4. The van der Waals surface area contributed by atoms with Crippen LogP contribution < -0.4 is 5.32 Å². The number of aliphatic hydroxyl groups is 1. The first-order valence-corrected chi connectivity index (χ1v) is 7.82. The quantitative estimate of drug-likeness (QED) is 0.896. The maximum Gasteiger partial charge on any atom is 0.318 e. The van der Waals surface area contributed by atoms with Crippen molar-refractivity contribution in [3.8, 4) is 0 Å². The fourth-order valence-corrected chi connectivity index (χ4v) is 2.95. The summed E-state index contributed by atoms with van der Waals surface area (Å²) in [5, 5.41) is 12.7. The van der Waals surface area contributed by atoms with Crippen LogP contribution in [0.25, 0.3) is 0 Å². The number of carbonyl (C=O) groups excluding carboxylic acids is 1. The van der Waals surface area contributed by atoms with Crippen LogP contribution >= 0.6 is 0 Å². The van der Waals surface area contributed by atoms with Gasteiger partial charge in [0.15, 0.2) is 0 Å². The molecule has 2 atom stereocenters. The van der Waals surface area contributed by atoms with Crippen LogP contribution in [0.4, 0.5) is 4.79 Å². The van der Waals surface area contributed by atoms with E-state index in [2.05, 4.69) is 23.5 Å². The molecular weight excluding hydrogens is 264 g/mol. The van der Waals surface area contributed by atoms with Gasteiger partial charge in [0, 0.05) is 12.6 Å². The summed E-state index contributed by atoms with van der Waals surface area (Å²) < 4.78 is 0. The van der Waals surface area contributed by atoms with Gasteiger partial charge in [-0.25, -0.2) is 4.79 Å². The van der Waals surface area contributed by atoms with Crippen LogP contribution in [-0.2, 0) is 6.42 Å². The van der Waals surface area contributed by atoms with Gasteiger partial charge in [-0.2, -0.15) is 0 Å². The standard InChI is InChI=1S/C17H26N2O2/c1-12(2)19(11-13(3)20)17(21)18-16-10-6-8-14-7-4-5-9-15(14)16/h4-5,7,9,12-13,16,20H,6,8,10-11H2,1-3H3,(H,18,21). The van der Waals surface area contributed by atoms with Gasteiger partial charge < -0.3 is 15.3 Å². The van der Waals surface area contributed by atoms with E-state index < -0.39 is 6.10 Å². The first-order valence-electron chi connectivity index (χ1n) is 7.82. The third-order valence-electron chi connectivity index (χ3n) is 4.01. The Hall–Kier alpha value is -1.55. The van der Waals surface area contributed by atoms with Crippen LogP contribution in [-0.4, -0.2) is 34.7 Å². The number of nitrogens with zero attached hydrogens (tertiary/aromatic N) is 1. The number of amides is 2. The normalized spacial score (nSPS) is 19.0. The Bertz CT molecular complexity index is 485. The van der Waals surface area contributed by atoms with Crippen molar-refractivity contribution in [1.82, 2.24) is 10.2 Å². The number of hydrogen-bond acceptors (Lipinski definition) is 2. The molecule has 0 radical (unpaired) electrons. The van der Waals surface area contributed by atoms with Crippen LogP contribution in [0, 0.1) is 0 Å². The molecule has 1 aliphatic carbocycles. The second kappa shape index (κ2) is 6.94. The van der Waals surface area contributed by atoms with Crippen LogP contribution in [0.3, 0.4) is 0 Å². The van der Waals surface area contributed by atoms with Crippen LogP contribution in [0.1, 0.15) is 50.8 Å². The molecule has 0 fully saturated rings. The highest BCUT2D eigenvalue weighted by molar-refractivity contribution is 5.75. The summed E-state index contributed by atoms with van der Waals surface area (Å²) in [4.78, 5) is 14.2. The fourth-order valence-electron chi connectivity index (χ4n) is 2.95. The molecule has 0 spiro atoms. The zero-order valence-corrected chi connectivity index (χ0v) is 13.2. The van der Waals surface area contributed by atoms with Gasteiger partial charge in [-0.1, -0.05) is 24.3 Å². The molecule has 4 nitrogen and oxygen atoms in total. The van der Waals surface area contributed by atoms with Gasteiger partial charge in [0.2, 0.25) is 0 Å². The average molecular weight is 290 g/mol. The molecule has 0 saturated heterocycles. The summed E-state index contributed by atoms with van der Waals surface area (Å²) in [5.41, 5.74) is 2.57. The van der Waals surface area contributed by atoms with E-state index >= 15 is 0 Å². The lowest BCUT2D eigenvalue weighted by molar-refractivity contribution is 0.117. The maximum absolute atomic E-state index is 12.5. The predicted molar refractivity (Wildman–Crippen MR) is 84.2 cm³/mol. The summed E-state index contributed by atoms with van der Waals surface area (Å²) >= 11 is 0. The highest BCUT2D eigenvalue weighted by Gasteiger charge is 2.25. The van der Waals surface area contributed by atoms with Crippen molar-refractivity contribution < 1.29 is 9.90 Å². The first kappa shape index (κ1) is 15.8. The van der Waals surface area contributed by atoms with Crippen molar-refractivity contribution in [1.29, 1.82) is 0 Å². The smallest absolute Gasteiger partial charge is 0.318 e. The molecule has 21 heavy (non-hydrogen) atoms. The zero-order valence-electron chi connectivity index (χ0n) is 13.2. The number of aryl methyl sites for hydroxylation is 1. The number of aliphatic hydroxyl groups excluding tert-OH is 1. The Labute approximate surface area is 127 Å². The predicted octanol–water partition coefficient (Wildman–Crippen LogP) is 2.86. The minimum absolute atomic E-state index is 0.0680. The van der Waals surface area contributed by atoms with Crippen LogP contribution in [0.2, 0.25) is 0 Å². The van der Waals surface area contributed by atoms with Gasteiger partial charge in [-0.15, -0.1) is 0 Å². The topological polar surface area (TPSA) is 52.6 Å². The fraction of sp³-hybridized carbons (Fsp3) is 0.588. The van der Waals surface area contributed by atoms with Crippen LogP contribution in [0.15, 0.2) is 24.3 Å². The first-order chi connectivity index (χ1) is 9.99. The van der Waals surface area contributed by atoms with Crippen molar-refractivity contribution in [3.63, 3.8) is 0 Å². The molecule has 2 rings (SSSR count). The van der Waals surface area contributed by atoms with Crippen molar-refractivity contribution in [3.05, 3.63) is 35.4 Å². The Morgan fingerprint density at radius 3 is 2.76 bits per heavy atom. The van der Waals surface area contributed by atoms with E-state index in [1.165, 1.54) is 11.1 Å². The summed E-state index contributed by atoms with van der Waals surface area (Å²) in [5.74, 6) is 0. The molecule has 2 amide bonds. The molecule has 0 aliphatic heterocycles. The lowest BCUT2D eigenvalue weighted by Gasteiger charge is -2.32. The van der Waals surface area contributed by atoms with E-state index in [0.717, 1.165) is 19.3 Å². The van der Waals surface area contributed by atoms with E-state index in [9.17, 15) is 9.90 Å². The van der Waals surface area contributed by atoms with E-state index in [4.69, 9.17) is 0 Å². The van der Waals surface area contributed by atoms with E-state index in [0.29, 0.717) is 6.54 Å². The van der Waals surface area contributed by atoms with Crippen molar-refractivity contribution in [2.45, 2.75) is 58.2 Å². The molecule has 2 unspecified atom stereocenters. The van der Waals surface area contributed by atoms with Crippen molar-refractivity contribution >= 4 is 6.03 Å². The highest BCUT2D eigenvalue weighted by atomic mass is 16.3.